The van der Waals surface area contributed by atoms with E-state index >= 15 is 0 Å². The van der Waals surface area contributed by atoms with Crippen LogP contribution in [0.4, 0.5) is 30.6 Å². The maximum atomic E-state index is 12.4. The van der Waals surface area contributed by atoms with Crippen molar-refractivity contribution in [2.45, 2.75) is 97.4 Å². The van der Waals surface area contributed by atoms with Gasteiger partial charge < -0.3 is 11.1 Å². The van der Waals surface area contributed by atoms with Crippen LogP contribution in [0.5, 0.6) is 0 Å². The van der Waals surface area contributed by atoms with Gasteiger partial charge in [-0.15, -0.1) is 0 Å². The molecule has 0 atom stereocenters. The van der Waals surface area contributed by atoms with Gasteiger partial charge in [-0.1, -0.05) is 57.5 Å². The molecule has 12 heteroatoms. The fourth-order valence-corrected chi connectivity index (χ4v) is 3.61. The van der Waals surface area contributed by atoms with E-state index in [4.69, 9.17) is 5.73 Å². The van der Waals surface area contributed by atoms with Crippen molar-refractivity contribution in [3.05, 3.63) is 18.6 Å². The lowest BCUT2D eigenvalue weighted by Gasteiger charge is -2.07. The number of aryl methyl sites for hydroxylation is 3. The van der Waals surface area contributed by atoms with Crippen LogP contribution in [0.15, 0.2) is 28.8 Å². The maximum Gasteiger partial charge on any atom is 0.471 e. The zero-order valence-corrected chi connectivity index (χ0v) is 20.7. The molecule has 2 heterocycles. The third-order valence-corrected chi connectivity index (χ3v) is 5.64. The highest BCUT2D eigenvalue weighted by Crippen LogP contribution is 2.24. The Balaban J connectivity index is 2.07. The number of nitrogens with one attached hydrogen (secondary N) is 1. The second kappa shape index (κ2) is 14.5. The molecule has 1 amide bonds. The summed E-state index contributed by atoms with van der Waals surface area (Å²) in [5.74, 6) is -0.912. The lowest BCUT2D eigenvalue weighted by atomic mass is 10.2. The van der Waals surface area contributed by atoms with Crippen LogP contribution in [0.1, 0.15) is 71.6 Å². The van der Waals surface area contributed by atoms with Crippen LogP contribution in [0.3, 0.4) is 0 Å². The molecule has 0 unspecified atom stereocenters. The topological polar surface area (TPSA) is 106 Å². The monoisotopic (exact) mass is 499 g/mol. The van der Waals surface area contributed by atoms with Crippen LogP contribution in [-0.4, -0.2) is 33.0 Å². The van der Waals surface area contributed by atoms with Crippen molar-refractivity contribution in [1.29, 1.82) is 0 Å². The zero-order chi connectivity index (χ0) is 25.7. The first-order valence-corrected chi connectivity index (χ1v) is 12.4. The van der Waals surface area contributed by atoms with Gasteiger partial charge in [0.25, 0.3) is 0 Å². The molecular formula is C23H38F3N8O+. The molecule has 0 saturated heterocycles. The molecule has 0 radical (unpaired) electrons. The SMILES string of the molecule is CCCCCCn1cc[n+](CCCNC(=O)C(F)(F)F)c1N=Nc1cnn(CCCCCC)c1N. The zero-order valence-electron chi connectivity index (χ0n) is 20.7. The van der Waals surface area contributed by atoms with E-state index in [1.807, 2.05) is 26.8 Å². The summed E-state index contributed by atoms with van der Waals surface area (Å²) in [4.78, 5) is 11.0. The Kier molecular flexibility index (Phi) is 11.7. The van der Waals surface area contributed by atoms with Gasteiger partial charge >= 0.3 is 18.0 Å². The quantitative estimate of drug-likeness (QED) is 0.188. The lowest BCUT2D eigenvalue weighted by molar-refractivity contribution is -0.683. The van der Waals surface area contributed by atoms with Crippen LogP contribution in [-0.2, 0) is 24.4 Å². The summed E-state index contributed by atoms with van der Waals surface area (Å²) in [5.41, 5.74) is 6.69. The summed E-state index contributed by atoms with van der Waals surface area (Å²) in [5, 5.41) is 15.0. The Morgan fingerprint density at radius 1 is 1.06 bits per heavy atom. The summed E-state index contributed by atoms with van der Waals surface area (Å²) >= 11 is 0. The number of hydrogen-bond donors (Lipinski definition) is 2. The maximum absolute atomic E-state index is 12.4. The molecule has 0 aromatic carbocycles. The van der Waals surface area contributed by atoms with Gasteiger partial charge in [0.15, 0.2) is 11.5 Å². The van der Waals surface area contributed by atoms with Gasteiger partial charge in [0.05, 0.1) is 31.7 Å². The smallest absolute Gasteiger partial charge is 0.382 e. The van der Waals surface area contributed by atoms with Crippen LogP contribution < -0.4 is 15.6 Å². The normalized spacial score (nSPS) is 12.0. The number of amides is 1. The van der Waals surface area contributed by atoms with Gasteiger partial charge in [-0.05, 0) is 19.3 Å². The molecule has 0 spiro atoms. The molecule has 9 nitrogen and oxygen atoms in total. The third-order valence-electron chi connectivity index (χ3n) is 5.64. The minimum atomic E-state index is -4.88. The summed E-state index contributed by atoms with van der Waals surface area (Å²) in [6, 6.07) is 0. The number of alkyl halides is 3. The van der Waals surface area contributed by atoms with E-state index in [0.717, 1.165) is 58.0 Å². The van der Waals surface area contributed by atoms with Crippen molar-refractivity contribution in [2.75, 3.05) is 12.3 Å². The van der Waals surface area contributed by atoms with Gasteiger partial charge in [0.2, 0.25) is 0 Å². The van der Waals surface area contributed by atoms with E-state index in [9.17, 15) is 18.0 Å². The second-order valence-corrected chi connectivity index (χ2v) is 8.55. The number of anilines is 1. The Morgan fingerprint density at radius 2 is 1.74 bits per heavy atom. The van der Waals surface area contributed by atoms with Crippen LogP contribution in [0, 0.1) is 0 Å². The number of nitrogen functional groups attached to an aromatic ring is 1. The number of nitrogens with zero attached hydrogens (tertiary/aromatic N) is 6. The molecule has 0 aliphatic heterocycles. The minimum Gasteiger partial charge on any atom is -0.382 e. The highest BCUT2D eigenvalue weighted by Gasteiger charge is 2.38. The Bertz CT molecular complexity index is 936. The molecule has 3 N–H and O–H groups in total. The van der Waals surface area contributed by atoms with E-state index in [2.05, 4.69) is 29.2 Å². The van der Waals surface area contributed by atoms with Gasteiger partial charge in [-0.25, -0.2) is 13.8 Å². The average Bonchev–Trinajstić information content (AvgIpc) is 3.37. The Morgan fingerprint density at radius 3 is 2.40 bits per heavy atom. The van der Waals surface area contributed by atoms with Crippen LogP contribution in [0.2, 0.25) is 0 Å². The van der Waals surface area contributed by atoms with Crippen molar-refractivity contribution >= 4 is 23.4 Å². The molecule has 0 saturated carbocycles. The van der Waals surface area contributed by atoms with Crippen molar-refractivity contribution in [2.24, 2.45) is 10.2 Å². The van der Waals surface area contributed by atoms with E-state index in [0.29, 0.717) is 30.4 Å². The summed E-state index contributed by atoms with van der Waals surface area (Å²) < 4.78 is 42.6. The fourth-order valence-electron chi connectivity index (χ4n) is 3.61. The first kappa shape index (κ1) is 28.3. The largest absolute Gasteiger partial charge is 0.471 e. The highest BCUT2D eigenvalue weighted by molar-refractivity contribution is 5.81. The number of hydrogen-bond acceptors (Lipinski definition) is 5. The van der Waals surface area contributed by atoms with Gasteiger partial charge in [0.1, 0.15) is 0 Å². The molecule has 2 aromatic rings. The first-order chi connectivity index (χ1) is 16.8. The number of unbranched alkanes of at least 4 members (excludes halogenated alkanes) is 6. The fraction of sp³-hybridized carbons (Fsp3) is 0.696. The number of nitrogens with two attached hydrogens (primary N) is 1. The number of imidazole rings is 1. The number of carbonyl (C=O) groups is 1. The number of rotatable bonds is 16. The Hall–Kier alpha value is -2.92. The van der Waals surface area contributed by atoms with E-state index in [-0.39, 0.29) is 6.54 Å². The van der Waals surface area contributed by atoms with Gasteiger partial charge in [0, 0.05) is 18.2 Å². The number of aromatic nitrogens is 4. The van der Waals surface area contributed by atoms with Crippen molar-refractivity contribution in [3.63, 3.8) is 0 Å². The van der Waals surface area contributed by atoms with Crippen molar-refractivity contribution in [1.82, 2.24) is 19.7 Å². The predicted molar refractivity (Wildman–Crippen MR) is 127 cm³/mol. The molecule has 0 aliphatic carbocycles. The van der Waals surface area contributed by atoms with Crippen LogP contribution >= 0.6 is 0 Å². The lowest BCUT2D eigenvalue weighted by Crippen LogP contribution is -2.39. The standard InChI is InChI=1S/C23H37F3N8O/c1-3-5-7-9-13-32-16-17-33(14-11-12-28-21(35)23(24,25)26)22(32)31-30-19-18-29-34(20(19)27)15-10-8-6-4-2/h16-18,27H,3-15H2,1-2H3,(H,28,35)/p+1. The van der Waals surface area contributed by atoms with E-state index in [1.165, 1.54) is 6.42 Å². The summed E-state index contributed by atoms with van der Waals surface area (Å²) in [7, 11) is 0. The first-order valence-electron chi connectivity index (χ1n) is 12.4. The average molecular weight is 500 g/mol. The van der Waals surface area contributed by atoms with Gasteiger partial charge in [-0.3, -0.25) is 4.79 Å². The predicted octanol–water partition coefficient (Wildman–Crippen LogP) is 5.20. The summed E-state index contributed by atoms with van der Waals surface area (Å²) in [6.07, 6.45) is 9.49. The third kappa shape index (κ3) is 9.33. The second-order valence-electron chi connectivity index (χ2n) is 8.55. The molecule has 0 bridgehead atoms. The molecule has 2 aromatic heterocycles. The minimum absolute atomic E-state index is 0.0959. The number of halogens is 3. The molecule has 0 aliphatic rings. The van der Waals surface area contributed by atoms with E-state index in [1.54, 1.807) is 10.9 Å². The van der Waals surface area contributed by atoms with Crippen molar-refractivity contribution < 1.29 is 22.5 Å². The van der Waals surface area contributed by atoms with Gasteiger partial charge in [-0.2, -0.15) is 18.3 Å². The number of azo groups is 1. The molecular weight excluding hydrogens is 461 g/mol. The molecule has 2 rings (SSSR count). The van der Waals surface area contributed by atoms with Crippen LogP contribution in [0.25, 0.3) is 0 Å². The van der Waals surface area contributed by atoms with E-state index < -0.39 is 12.1 Å². The molecule has 196 valence electrons. The number of carbonyl (C=O) groups excluding carboxylic acids is 1. The molecule has 0 fully saturated rings. The Labute approximate surface area is 204 Å². The molecule has 35 heavy (non-hydrogen) atoms. The summed E-state index contributed by atoms with van der Waals surface area (Å²) in [6.45, 7) is 6.06. The van der Waals surface area contributed by atoms with Crippen molar-refractivity contribution in [3.8, 4) is 0 Å². The highest BCUT2D eigenvalue weighted by atomic mass is 19.4.